The molecule has 1 fully saturated rings. The van der Waals surface area contributed by atoms with E-state index in [4.69, 9.17) is 0 Å². The van der Waals surface area contributed by atoms with Gasteiger partial charge in [-0.1, -0.05) is 36.4 Å². The van der Waals surface area contributed by atoms with Crippen molar-refractivity contribution in [1.29, 1.82) is 0 Å². The van der Waals surface area contributed by atoms with Crippen LogP contribution in [0.25, 0.3) is 0 Å². The molecule has 3 rings (SSSR count). The Bertz CT molecular complexity index is 703. The standard InChI is InChI=1S/C22H28N2O/c1-17-8-9-21(14-18(17)2)23-16-22(25)24-12-10-20(11-13-24)15-19-6-4-3-5-7-19/h3-9,14,20,23H,10-13,15-16H2,1-2H3. The number of piperidine rings is 1. The Morgan fingerprint density at radius 1 is 1.04 bits per heavy atom. The number of rotatable bonds is 5. The van der Waals surface area contributed by atoms with E-state index in [1.165, 1.54) is 16.7 Å². The van der Waals surface area contributed by atoms with Crippen molar-refractivity contribution >= 4 is 11.6 Å². The molecule has 1 saturated heterocycles. The summed E-state index contributed by atoms with van der Waals surface area (Å²) in [5.41, 5.74) is 4.95. The summed E-state index contributed by atoms with van der Waals surface area (Å²) in [6, 6.07) is 16.9. The minimum Gasteiger partial charge on any atom is -0.376 e. The molecule has 25 heavy (non-hydrogen) atoms. The van der Waals surface area contributed by atoms with E-state index in [1.807, 2.05) is 11.0 Å². The highest BCUT2D eigenvalue weighted by Gasteiger charge is 2.22. The molecule has 0 aliphatic carbocycles. The summed E-state index contributed by atoms with van der Waals surface area (Å²) in [6.07, 6.45) is 3.33. The molecule has 0 bridgehead atoms. The molecular formula is C22H28N2O. The van der Waals surface area contributed by atoms with Crippen molar-refractivity contribution in [2.75, 3.05) is 25.0 Å². The number of carbonyl (C=O) groups excluding carboxylic acids is 1. The van der Waals surface area contributed by atoms with Crippen molar-refractivity contribution in [1.82, 2.24) is 4.90 Å². The molecule has 0 radical (unpaired) electrons. The Morgan fingerprint density at radius 2 is 1.76 bits per heavy atom. The first-order valence-corrected chi connectivity index (χ1v) is 9.24. The number of amides is 1. The van der Waals surface area contributed by atoms with E-state index < -0.39 is 0 Å². The summed E-state index contributed by atoms with van der Waals surface area (Å²) in [5.74, 6) is 0.899. The third-order valence-corrected chi connectivity index (χ3v) is 5.29. The number of nitrogens with zero attached hydrogens (tertiary/aromatic N) is 1. The molecule has 1 N–H and O–H groups in total. The average Bonchev–Trinajstić information content (AvgIpc) is 2.64. The van der Waals surface area contributed by atoms with E-state index in [9.17, 15) is 4.79 Å². The highest BCUT2D eigenvalue weighted by molar-refractivity contribution is 5.81. The molecule has 3 nitrogen and oxygen atoms in total. The molecule has 0 atom stereocenters. The molecule has 3 heteroatoms. The first kappa shape index (κ1) is 17.5. The summed E-state index contributed by atoms with van der Waals surface area (Å²) < 4.78 is 0. The Balaban J connectivity index is 1.44. The average molecular weight is 336 g/mol. The fourth-order valence-electron chi connectivity index (χ4n) is 3.47. The minimum atomic E-state index is 0.205. The molecule has 2 aromatic rings. The first-order chi connectivity index (χ1) is 12.1. The SMILES string of the molecule is Cc1ccc(NCC(=O)N2CCC(Cc3ccccc3)CC2)cc1C. The van der Waals surface area contributed by atoms with Gasteiger partial charge in [0.1, 0.15) is 0 Å². The lowest BCUT2D eigenvalue weighted by atomic mass is 9.90. The van der Waals surface area contributed by atoms with Gasteiger partial charge in [-0.15, -0.1) is 0 Å². The largest absolute Gasteiger partial charge is 0.376 e. The van der Waals surface area contributed by atoms with Gasteiger partial charge in [-0.25, -0.2) is 0 Å². The molecule has 0 spiro atoms. The topological polar surface area (TPSA) is 32.3 Å². The predicted molar refractivity (Wildman–Crippen MR) is 104 cm³/mol. The maximum atomic E-state index is 12.5. The Kier molecular flexibility index (Phi) is 5.75. The highest BCUT2D eigenvalue weighted by Crippen LogP contribution is 2.22. The van der Waals surface area contributed by atoms with Crippen molar-refractivity contribution in [3.05, 3.63) is 65.2 Å². The maximum Gasteiger partial charge on any atom is 0.241 e. The van der Waals surface area contributed by atoms with Crippen molar-refractivity contribution in [3.8, 4) is 0 Å². The van der Waals surface area contributed by atoms with E-state index >= 15 is 0 Å². The fourth-order valence-corrected chi connectivity index (χ4v) is 3.47. The van der Waals surface area contributed by atoms with Crippen LogP contribution in [-0.4, -0.2) is 30.4 Å². The van der Waals surface area contributed by atoms with E-state index in [2.05, 4.69) is 61.6 Å². The van der Waals surface area contributed by atoms with E-state index in [1.54, 1.807) is 0 Å². The van der Waals surface area contributed by atoms with Gasteiger partial charge >= 0.3 is 0 Å². The van der Waals surface area contributed by atoms with Gasteiger partial charge in [0.15, 0.2) is 0 Å². The van der Waals surface area contributed by atoms with Gasteiger partial charge in [-0.05, 0) is 67.9 Å². The van der Waals surface area contributed by atoms with Crippen molar-refractivity contribution in [2.24, 2.45) is 5.92 Å². The second kappa shape index (κ2) is 8.19. The molecule has 1 aliphatic heterocycles. The second-order valence-electron chi connectivity index (χ2n) is 7.17. The lowest BCUT2D eigenvalue weighted by molar-refractivity contribution is -0.130. The smallest absolute Gasteiger partial charge is 0.241 e. The fraction of sp³-hybridized carbons (Fsp3) is 0.409. The van der Waals surface area contributed by atoms with Crippen LogP contribution >= 0.6 is 0 Å². The van der Waals surface area contributed by atoms with Crippen LogP contribution in [0, 0.1) is 19.8 Å². The molecule has 0 saturated carbocycles. The van der Waals surface area contributed by atoms with Gasteiger partial charge in [0, 0.05) is 18.8 Å². The van der Waals surface area contributed by atoms with Crippen molar-refractivity contribution < 1.29 is 4.79 Å². The number of benzene rings is 2. The van der Waals surface area contributed by atoms with E-state index in [-0.39, 0.29) is 5.91 Å². The van der Waals surface area contributed by atoms with Gasteiger partial charge in [-0.3, -0.25) is 4.79 Å². The zero-order valence-electron chi connectivity index (χ0n) is 15.3. The van der Waals surface area contributed by atoms with Gasteiger partial charge in [0.2, 0.25) is 5.91 Å². The van der Waals surface area contributed by atoms with Crippen LogP contribution in [-0.2, 0) is 11.2 Å². The number of hydrogen-bond acceptors (Lipinski definition) is 2. The lowest BCUT2D eigenvalue weighted by Gasteiger charge is -2.32. The van der Waals surface area contributed by atoms with Crippen molar-refractivity contribution in [2.45, 2.75) is 33.1 Å². The van der Waals surface area contributed by atoms with Crippen LogP contribution in [0.5, 0.6) is 0 Å². The van der Waals surface area contributed by atoms with Crippen LogP contribution in [0.2, 0.25) is 0 Å². The maximum absolute atomic E-state index is 12.5. The number of anilines is 1. The molecule has 1 aliphatic rings. The summed E-state index contributed by atoms with van der Waals surface area (Å²) in [6.45, 7) is 6.34. The Morgan fingerprint density at radius 3 is 2.44 bits per heavy atom. The molecule has 1 amide bonds. The number of aryl methyl sites for hydroxylation is 2. The molecule has 0 unspecified atom stereocenters. The van der Waals surface area contributed by atoms with Crippen LogP contribution < -0.4 is 5.32 Å². The summed E-state index contributed by atoms with van der Waals surface area (Å²) >= 11 is 0. The van der Waals surface area contributed by atoms with Gasteiger partial charge in [-0.2, -0.15) is 0 Å². The number of nitrogens with one attached hydrogen (secondary N) is 1. The second-order valence-corrected chi connectivity index (χ2v) is 7.17. The molecule has 132 valence electrons. The lowest BCUT2D eigenvalue weighted by Crippen LogP contribution is -2.41. The molecule has 0 aromatic heterocycles. The Labute approximate surface area is 151 Å². The van der Waals surface area contributed by atoms with Gasteiger partial charge in [0.05, 0.1) is 6.54 Å². The molecular weight excluding hydrogens is 308 g/mol. The summed E-state index contributed by atoms with van der Waals surface area (Å²) in [5, 5.41) is 3.27. The Hall–Kier alpha value is -2.29. The molecule has 2 aromatic carbocycles. The van der Waals surface area contributed by atoms with Gasteiger partial charge < -0.3 is 10.2 Å². The summed E-state index contributed by atoms with van der Waals surface area (Å²) in [7, 11) is 0. The third-order valence-electron chi connectivity index (χ3n) is 5.29. The predicted octanol–water partition coefficient (Wildman–Crippen LogP) is 4.20. The quantitative estimate of drug-likeness (QED) is 0.887. The van der Waals surface area contributed by atoms with Crippen LogP contribution in [0.1, 0.15) is 29.5 Å². The zero-order chi connectivity index (χ0) is 17.6. The highest BCUT2D eigenvalue weighted by atomic mass is 16.2. The van der Waals surface area contributed by atoms with Crippen LogP contribution in [0.15, 0.2) is 48.5 Å². The summed E-state index contributed by atoms with van der Waals surface area (Å²) in [4.78, 5) is 14.5. The monoisotopic (exact) mass is 336 g/mol. The normalized spacial score (nSPS) is 15.2. The number of hydrogen-bond donors (Lipinski definition) is 1. The van der Waals surface area contributed by atoms with E-state index in [0.29, 0.717) is 12.5 Å². The minimum absolute atomic E-state index is 0.205. The third kappa shape index (κ3) is 4.85. The number of carbonyl (C=O) groups is 1. The van der Waals surface area contributed by atoms with Gasteiger partial charge in [0.25, 0.3) is 0 Å². The first-order valence-electron chi connectivity index (χ1n) is 9.24. The van der Waals surface area contributed by atoms with Crippen molar-refractivity contribution in [3.63, 3.8) is 0 Å². The van der Waals surface area contributed by atoms with Crippen LogP contribution in [0.4, 0.5) is 5.69 Å². The number of likely N-dealkylation sites (tertiary alicyclic amines) is 1. The van der Waals surface area contributed by atoms with E-state index in [0.717, 1.165) is 38.0 Å². The molecule has 1 heterocycles. The van der Waals surface area contributed by atoms with Crippen LogP contribution in [0.3, 0.4) is 0 Å². The zero-order valence-corrected chi connectivity index (χ0v) is 15.3.